The van der Waals surface area contributed by atoms with Gasteiger partial charge in [-0.1, -0.05) is 42.5 Å². The van der Waals surface area contributed by atoms with Crippen LogP contribution < -0.4 is 5.73 Å². The predicted molar refractivity (Wildman–Crippen MR) is 127 cm³/mol. The van der Waals surface area contributed by atoms with Crippen molar-refractivity contribution in [3.05, 3.63) is 71.7 Å². The van der Waals surface area contributed by atoms with Gasteiger partial charge in [0.25, 0.3) is 0 Å². The zero-order chi connectivity index (χ0) is 23.4. The number of hydrogen-bond donors (Lipinski definition) is 1. The molecule has 1 atom stereocenters. The Hall–Kier alpha value is -3.38. The van der Waals surface area contributed by atoms with Gasteiger partial charge in [-0.05, 0) is 43.5 Å². The quantitative estimate of drug-likeness (QED) is 0.362. The fourth-order valence-electron chi connectivity index (χ4n) is 4.01. The van der Waals surface area contributed by atoms with Crippen LogP contribution in [-0.4, -0.2) is 29.4 Å². The molecule has 0 saturated heterocycles. The summed E-state index contributed by atoms with van der Waals surface area (Å²) in [6.07, 6.45) is 5.61. The second-order valence-electron chi connectivity index (χ2n) is 8.33. The number of rotatable bonds is 9. The van der Waals surface area contributed by atoms with Gasteiger partial charge in [-0.2, -0.15) is 0 Å². The van der Waals surface area contributed by atoms with E-state index in [1.165, 1.54) is 12.1 Å². The molecule has 2 N–H and O–H groups in total. The molecule has 0 aliphatic heterocycles. The molecule has 1 aliphatic carbocycles. The number of ether oxygens (including phenoxy) is 1. The fraction of sp³-hybridized carbons (Fsp3) is 0.296. The zero-order valence-electron chi connectivity index (χ0n) is 18.6. The Labute approximate surface area is 192 Å². The summed E-state index contributed by atoms with van der Waals surface area (Å²) in [5, 5.41) is 0.972. The molecule has 1 aromatic heterocycles. The van der Waals surface area contributed by atoms with E-state index < -0.39 is 12.0 Å². The summed E-state index contributed by atoms with van der Waals surface area (Å²) in [5.41, 5.74) is 10.9. The highest BCUT2D eigenvalue weighted by Gasteiger charge is 2.29. The molecular formula is C27H27FN2O3. The highest BCUT2D eigenvalue weighted by Crippen LogP contribution is 2.45. The van der Waals surface area contributed by atoms with Gasteiger partial charge in [0.15, 0.2) is 0 Å². The van der Waals surface area contributed by atoms with Gasteiger partial charge in [-0.25, -0.2) is 4.39 Å². The first-order valence-electron chi connectivity index (χ1n) is 11.3. The van der Waals surface area contributed by atoms with Crippen LogP contribution in [0.5, 0.6) is 0 Å². The highest BCUT2D eigenvalue weighted by atomic mass is 19.1. The summed E-state index contributed by atoms with van der Waals surface area (Å²) in [6.45, 7) is 1.94. The van der Waals surface area contributed by atoms with Crippen molar-refractivity contribution >= 4 is 28.7 Å². The number of fused-ring (bicyclic) bond motifs is 1. The minimum Gasteiger partial charge on any atom is -0.466 e. The van der Waals surface area contributed by atoms with Crippen LogP contribution in [0.2, 0.25) is 0 Å². The van der Waals surface area contributed by atoms with Crippen molar-refractivity contribution in [2.45, 2.75) is 44.6 Å². The SMILES string of the molecule is CCOC(=O)CC(=O)CC(N)/C=C/c1c(C2CC2)nc2ccccc2c1-c1ccc(F)cc1. The van der Waals surface area contributed by atoms with Crippen LogP contribution in [0, 0.1) is 5.82 Å². The molecule has 1 fully saturated rings. The Bertz CT molecular complexity index is 1200. The van der Waals surface area contributed by atoms with Gasteiger partial charge < -0.3 is 10.5 Å². The van der Waals surface area contributed by atoms with E-state index in [4.69, 9.17) is 15.5 Å². The van der Waals surface area contributed by atoms with Crippen molar-refractivity contribution < 1.29 is 18.7 Å². The third-order valence-corrected chi connectivity index (χ3v) is 5.68. The number of ketones is 1. The Morgan fingerprint density at radius 3 is 2.61 bits per heavy atom. The molecule has 0 bridgehead atoms. The second kappa shape index (κ2) is 10.0. The number of aromatic nitrogens is 1. The Morgan fingerprint density at radius 1 is 1.18 bits per heavy atom. The number of Topliss-reactive ketones (excluding diaryl/α,β-unsaturated/α-hetero) is 1. The average Bonchev–Trinajstić information content (AvgIpc) is 3.63. The molecule has 0 spiro atoms. The summed E-state index contributed by atoms with van der Waals surface area (Å²) in [6, 6.07) is 13.8. The maximum atomic E-state index is 13.6. The number of benzene rings is 2. The minimum atomic E-state index is -0.550. The van der Waals surface area contributed by atoms with Crippen molar-refractivity contribution in [1.29, 1.82) is 0 Å². The van der Waals surface area contributed by atoms with E-state index in [0.29, 0.717) is 5.92 Å². The first-order chi connectivity index (χ1) is 16.0. The van der Waals surface area contributed by atoms with Crippen LogP contribution in [-0.2, 0) is 14.3 Å². The Morgan fingerprint density at radius 2 is 1.91 bits per heavy atom. The third-order valence-electron chi connectivity index (χ3n) is 5.68. The number of nitrogens with zero attached hydrogens (tertiary/aromatic N) is 1. The van der Waals surface area contributed by atoms with E-state index in [0.717, 1.165) is 46.1 Å². The van der Waals surface area contributed by atoms with E-state index in [9.17, 15) is 14.0 Å². The topological polar surface area (TPSA) is 82.3 Å². The van der Waals surface area contributed by atoms with E-state index in [2.05, 4.69) is 0 Å². The number of carbonyl (C=O) groups excluding carboxylic acids is 2. The lowest BCUT2D eigenvalue weighted by Gasteiger charge is -2.16. The van der Waals surface area contributed by atoms with Crippen molar-refractivity contribution in [2.75, 3.05) is 6.61 Å². The van der Waals surface area contributed by atoms with Gasteiger partial charge in [0.1, 0.15) is 18.0 Å². The first-order valence-corrected chi connectivity index (χ1v) is 11.3. The Balaban J connectivity index is 1.71. The third kappa shape index (κ3) is 5.52. The molecule has 2 aromatic carbocycles. The summed E-state index contributed by atoms with van der Waals surface area (Å²) in [4.78, 5) is 28.7. The van der Waals surface area contributed by atoms with Crippen LogP contribution in [0.3, 0.4) is 0 Å². The zero-order valence-corrected chi connectivity index (χ0v) is 18.6. The van der Waals surface area contributed by atoms with Crippen molar-refractivity contribution in [2.24, 2.45) is 5.73 Å². The molecular weight excluding hydrogens is 419 g/mol. The molecule has 4 rings (SSSR count). The van der Waals surface area contributed by atoms with Crippen molar-refractivity contribution in [3.8, 4) is 11.1 Å². The number of nitrogens with two attached hydrogens (primary N) is 1. The van der Waals surface area contributed by atoms with E-state index in [1.54, 1.807) is 25.1 Å². The average molecular weight is 447 g/mol. The molecule has 0 radical (unpaired) electrons. The smallest absolute Gasteiger partial charge is 0.313 e. The van der Waals surface area contributed by atoms with Crippen molar-refractivity contribution in [1.82, 2.24) is 4.98 Å². The number of esters is 1. The largest absolute Gasteiger partial charge is 0.466 e. The lowest BCUT2D eigenvalue weighted by atomic mass is 9.92. The maximum Gasteiger partial charge on any atom is 0.313 e. The monoisotopic (exact) mass is 446 g/mol. The molecule has 5 nitrogen and oxygen atoms in total. The van der Waals surface area contributed by atoms with Crippen molar-refractivity contribution in [3.63, 3.8) is 0 Å². The molecule has 1 heterocycles. The number of carbonyl (C=O) groups is 2. The lowest BCUT2D eigenvalue weighted by molar-refractivity contribution is -0.145. The molecule has 6 heteroatoms. The molecule has 0 amide bonds. The maximum absolute atomic E-state index is 13.6. The van der Waals surface area contributed by atoms with E-state index in [-0.39, 0.29) is 31.0 Å². The van der Waals surface area contributed by atoms with Crippen LogP contribution in [0.4, 0.5) is 4.39 Å². The number of pyridine rings is 1. The molecule has 1 aliphatic rings. The van der Waals surface area contributed by atoms with Crippen LogP contribution in [0.1, 0.15) is 49.8 Å². The molecule has 1 unspecified atom stereocenters. The fourth-order valence-corrected chi connectivity index (χ4v) is 4.01. The molecule has 3 aromatic rings. The number of halogens is 1. The summed E-state index contributed by atoms with van der Waals surface area (Å²) in [7, 11) is 0. The van der Waals surface area contributed by atoms with Gasteiger partial charge in [0.05, 0.1) is 17.8 Å². The van der Waals surface area contributed by atoms with Gasteiger partial charge in [-0.3, -0.25) is 14.6 Å². The summed E-state index contributed by atoms with van der Waals surface area (Å²) >= 11 is 0. The van der Waals surface area contributed by atoms with Crippen LogP contribution >= 0.6 is 0 Å². The van der Waals surface area contributed by atoms with Gasteiger partial charge in [-0.15, -0.1) is 0 Å². The summed E-state index contributed by atoms with van der Waals surface area (Å²) in [5.74, 6) is -0.718. The molecule has 170 valence electrons. The van der Waals surface area contributed by atoms with Gasteiger partial charge in [0, 0.05) is 34.9 Å². The van der Waals surface area contributed by atoms with Gasteiger partial charge in [0.2, 0.25) is 0 Å². The summed E-state index contributed by atoms with van der Waals surface area (Å²) < 4.78 is 18.5. The predicted octanol–water partition coefficient (Wildman–Crippen LogP) is 5.17. The van der Waals surface area contributed by atoms with Crippen LogP contribution in [0.15, 0.2) is 54.6 Å². The van der Waals surface area contributed by atoms with E-state index >= 15 is 0 Å². The van der Waals surface area contributed by atoms with Gasteiger partial charge >= 0.3 is 5.97 Å². The Kier molecular flexibility index (Phi) is 6.94. The normalized spacial score (nSPS) is 14.5. The molecule has 33 heavy (non-hydrogen) atoms. The molecule has 1 saturated carbocycles. The number of para-hydroxylation sites is 1. The lowest BCUT2D eigenvalue weighted by Crippen LogP contribution is -2.23. The second-order valence-corrected chi connectivity index (χ2v) is 8.33. The first kappa shape index (κ1) is 22.8. The number of hydrogen-bond acceptors (Lipinski definition) is 5. The minimum absolute atomic E-state index is 0.0426. The highest BCUT2D eigenvalue weighted by molar-refractivity contribution is 5.99. The van der Waals surface area contributed by atoms with E-state index in [1.807, 2.05) is 30.3 Å². The standard InChI is InChI=1S/C27H27FN2O3/c1-2-33-25(32)16-21(31)15-20(29)13-14-23-26(17-9-11-19(28)12-10-17)22-5-3-4-6-24(22)30-27(23)18-7-8-18/h3-6,9-14,18,20H,2,7-8,15-16,29H2,1H3/b14-13+. The van der Waals surface area contributed by atoms with Crippen LogP contribution in [0.25, 0.3) is 28.1 Å².